The van der Waals surface area contributed by atoms with E-state index in [1.54, 1.807) is 11.3 Å². The molecular formula is C25H29ClN6OS. The molecule has 5 rings (SSSR count). The molecule has 0 radical (unpaired) electrons. The maximum absolute atomic E-state index is 6.71. The van der Waals surface area contributed by atoms with E-state index >= 15 is 0 Å². The lowest BCUT2D eigenvalue weighted by Gasteiger charge is -2.33. The zero-order valence-electron chi connectivity index (χ0n) is 19.9. The predicted molar refractivity (Wildman–Crippen MR) is 140 cm³/mol. The zero-order chi connectivity index (χ0) is 23.8. The molecular weight excluding hydrogens is 468 g/mol. The van der Waals surface area contributed by atoms with E-state index in [9.17, 15) is 0 Å². The molecule has 1 aliphatic heterocycles. The van der Waals surface area contributed by atoms with Gasteiger partial charge in [-0.05, 0) is 37.9 Å². The Morgan fingerprint density at radius 2 is 1.94 bits per heavy atom. The molecule has 0 saturated carbocycles. The normalized spacial score (nSPS) is 16.1. The molecule has 7 nitrogen and oxygen atoms in total. The van der Waals surface area contributed by atoms with Crippen molar-refractivity contribution >= 4 is 45.8 Å². The van der Waals surface area contributed by atoms with Gasteiger partial charge in [0, 0.05) is 48.9 Å². The van der Waals surface area contributed by atoms with Gasteiger partial charge in [-0.1, -0.05) is 43.2 Å². The quantitative estimate of drug-likeness (QED) is 0.451. The average Bonchev–Trinajstić information content (AvgIpc) is 3.43. The minimum Gasteiger partial charge on any atom is -0.423 e. The van der Waals surface area contributed by atoms with Gasteiger partial charge >= 0.3 is 6.01 Å². The van der Waals surface area contributed by atoms with E-state index in [1.165, 1.54) is 16.0 Å². The maximum atomic E-state index is 6.71. The summed E-state index contributed by atoms with van der Waals surface area (Å²) in [5.41, 5.74) is 3.53. The topological polar surface area (TPSA) is 66.4 Å². The number of aromatic nitrogens is 3. The Morgan fingerprint density at radius 1 is 1.15 bits per heavy atom. The summed E-state index contributed by atoms with van der Waals surface area (Å²) in [6.07, 6.45) is 4.95. The first-order valence-corrected chi connectivity index (χ1v) is 12.8. The Balaban J connectivity index is 1.46. The van der Waals surface area contributed by atoms with Crippen LogP contribution in [0.15, 0.2) is 30.0 Å². The van der Waals surface area contributed by atoms with Gasteiger partial charge in [0.15, 0.2) is 5.13 Å². The number of hydrogen-bond donors (Lipinski definition) is 1. The van der Waals surface area contributed by atoms with Crippen LogP contribution in [0.25, 0.3) is 6.08 Å². The number of rotatable bonds is 6. The van der Waals surface area contributed by atoms with E-state index in [4.69, 9.17) is 21.3 Å². The van der Waals surface area contributed by atoms with Gasteiger partial charge in [-0.3, -0.25) is 0 Å². The summed E-state index contributed by atoms with van der Waals surface area (Å²) >= 11 is 8.34. The monoisotopic (exact) mass is 496 g/mol. The Labute approximate surface area is 209 Å². The lowest BCUT2D eigenvalue weighted by Crippen LogP contribution is -2.44. The van der Waals surface area contributed by atoms with Gasteiger partial charge < -0.3 is 19.9 Å². The molecule has 1 N–H and O–H groups in total. The Bertz CT molecular complexity index is 1230. The number of halogens is 1. The van der Waals surface area contributed by atoms with Crippen molar-refractivity contribution in [3.05, 3.63) is 51.0 Å². The number of benzene rings is 1. The van der Waals surface area contributed by atoms with Crippen molar-refractivity contribution in [3.8, 4) is 11.8 Å². The first-order chi connectivity index (χ1) is 16.4. The Hall–Kier alpha value is -2.68. The molecule has 0 bridgehead atoms. The van der Waals surface area contributed by atoms with E-state index in [0.717, 1.165) is 49.1 Å². The first kappa shape index (κ1) is 23.1. The molecule has 0 spiro atoms. The molecule has 1 aliphatic carbocycles. The minimum atomic E-state index is 0.264. The SMILES string of the molecule is CC1=Cc2c(ccc(Oc3nc(Nc4ncc(C(C)C)s4)cc(N4CCN(C)CC4)n3)c2Cl)C1. The van der Waals surface area contributed by atoms with Gasteiger partial charge in [-0.25, -0.2) is 4.98 Å². The molecule has 1 fully saturated rings. The second-order valence-electron chi connectivity index (χ2n) is 9.25. The van der Waals surface area contributed by atoms with E-state index in [-0.39, 0.29) is 6.01 Å². The molecule has 178 valence electrons. The van der Waals surface area contributed by atoms with E-state index in [0.29, 0.717) is 22.5 Å². The molecule has 1 saturated heterocycles. The van der Waals surface area contributed by atoms with Crippen LogP contribution >= 0.6 is 22.9 Å². The summed E-state index contributed by atoms with van der Waals surface area (Å²) in [6, 6.07) is 6.20. The highest BCUT2D eigenvalue weighted by Crippen LogP contribution is 2.39. The largest absolute Gasteiger partial charge is 0.423 e. The number of thiazole rings is 1. The summed E-state index contributed by atoms with van der Waals surface area (Å²) in [4.78, 5) is 19.7. The van der Waals surface area contributed by atoms with Crippen molar-refractivity contribution in [2.75, 3.05) is 43.4 Å². The molecule has 0 amide bonds. The summed E-state index contributed by atoms with van der Waals surface area (Å²) in [6.45, 7) is 10.2. The molecule has 3 heterocycles. The van der Waals surface area contributed by atoms with Crippen molar-refractivity contribution in [1.82, 2.24) is 19.9 Å². The smallest absolute Gasteiger partial charge is 0.325 e. The minimum absolute atomic E-state index is 0.264. The van der Waals surface area contributed by atoms with Crippen molar-refractivity contribution in [2.45, 2.75) is 33.1 Å². The molecule has 9 heteroatoms. The number of fused-ring (bicyclic) bond motifs is 1. The van der Waals surface area contributed by atoms with Crippen LogP contribution in [-0.2, 0) is 6.42 Å². The van der Waals surface area contributed by atoms with Gasteiger partial charge in [-0.2, -0.15) is 9.97 Å². The summed E-state index contributed by atoms with van der Waals surface area (Å²) in [7, 11) is 2.14. The Kier molecular flexibility index (Phi) is 6.46. The van der Waals surface area contributed by atoms with Crippen LogP contribution in [0.4, 0.5) is 16.8 Å². The summed E-state index contributed by atoms with van der Waals surface area (Å²) in [5, 5.41) is 4.75. The van der Waals surface area contributed by atoms with E-state index < -0.39 is 0 Å². The number of ether oxygens (including phenoxy) is 1. The van der Waals surface area contributed by atoms with Crippen LogP contribution in [-0.4, -0.2) is 53.1 Å². The molecule has 1 aromatic carbocycles. The van der Waals surface area contributed by atoms with Gasteiger partial charge in [0.25, 0.3) is 0 Å². The number of anilines is 3. The first-order valence-electron chi connectivity index (χ1n) is 11.6. The fourth-order valence-corrected chi connectivity index (χ4v) is 5.24. The molecule has 2 aliphatic rings. The third kappa shape index (κ3) is 4.89. The van der Waals surface area contributed by atoms with Crippen LogP contribution in [0, 0.1) is 0 Å². The Morgan fingerprint density at radius 3 is 2.68 bits per heavy atom. The van der Waals surface area contributed by atoms with Crippen molar-refractivity contribution in [3.63, 3.8) is 0 Å². The molecule has 0 unspecified atom stereocenters. The maximum Gasteiger partial charge on any atom is 0.325 e. The molecule has 34 heavy (non-hydrogen) atoms. The molecule has 3 aromatic rings. The van der Waals surface area contributed by atoms with Crippen molar-refractivity contribution in [2.24, 2.45) is 0 Å². The fourth-order valence-electron chi connectivity index (χ4n) is 4.14. The summed E-state index contributed by atoms with van der Waals surface area (Å²) in [5.74, 6) is 2.47. The van der Waals surface area contributed by atoms with Crippen LogP contribution in [0.1, 0.15) is 42.7 Å². The van der Waals surface area contributed by atoms with E-state index in [2.05, 4.69) is 65.0 Å². The third-order valence-corrected chi connectivity index (χ3v) is 7.75. The second-order valence-corrected chi connectivity index (χ2v) is 10.7. The highest BCUT2D eigenvalue weighted by molar-refractivity contribution is 7.15. The molecule has 2 aromatic heterocycles. The number of piperazine rings is 1. The average molecular weight is 497 g/mol. The van der Waals surface area contributed by atoms with Gasteiger partial charge in [0.2, 0.25) is 0 Å². The van der Waals surface area contributed by atoms with Crippen LogP contribution in [0.3, 0.4) is 0 Å². The highest BCUT2D eigenvalue weighted by Gasteiger charge is 2.21. The number of likely N-dealkylation sites (N-methyl/N-ethyl adjacent to an activating group) is 1. The van der Waals surface area contributed by atoms with Crippen LogP contribution < -0.4 is 15.0 Å². The van der Waals surface area contributed by atoms with Gasteiger partial charge in [0.1, 0.15) is 17.4 Å². The van der Waals surface area contributed by atoms with Gasteiger partial charge in [-0.15, -0.1) is 11.3 Å². The lowest BCUT2D eigenvalue weighted by atomic mass is 10.1. The fraction of sp³-hybridized carbons (Fsp3) is 0.400. The summed E-state index contributed by atoms with van der Waals surface area (Å²) < 4.78 is 6.17. The standard InChI is InChI=1S/C25H29ClN6OS/c1-15(2)20-14-27-25(34-20)29-21-13-22(32-9-7-31(4)8-10-32)30-24(28-21)33-19-6-5-17-11-16(3)12-18(17)23(19)26/h5-6,12-15H,7-11H2,1-4H3,(H,27,28,29,30). The van der Waals surface area contributed by atoms with Crippen LogP contribution in [0.2, 0.25) is 5.02 Å². The van der Waals surface area contributed by atoms with Crippen molar-refractivity contribution in [1.29, 1.82) is 0 Å². The number of nitrogens with one attached hydrogen (secondary N) is 1. The lowest BCUT2D eigenvalue weighted by molar-refractivity contribution is 0.311. The second kappa shape index (κ2) is 9.52. The van der Waals surface area contributed by atoms with E-state index in [1.807, 2.05) is 18.3 Å². The number of allylic oxidation sites excluding steroid dienone is 1. The van der Waals surface area contributed by atoms with Crippen molar-refractivity contribution < 1.29 is 4.74 Å². The molecule has 0 atom stereocenters. The third-order valence-electron chi connectivity index (χ3n) is 6.14. The highest BCUT2D eigenvalue weighted by atomic mass is 35.5. The zero-order valence-corrected chi connectivity index (χ0v) is 21.5. The predicted octanol–water partition coefficient (Wildman–Crippen LogP) is 5.96. The van der Waals surface area contributed by atoms with Crippen LogP contribution in [0.5, 0.6) is 11.8 Å². The van der Waals surface area contributed by atoms with Gasteiger partial charge in [0.05, 0.1) is 5.02 Å². The number of nitrogens with zero attached hydrogens (tertiary/aromatic N) is 5. The number of hydrogen-bond acceptors (Lipinski definition) is 8.